The normalized spacial score (nSPS) is 13.2. The molecule has 0 bridgehead atoms. The second-order valence-electron chi connectivity index (χ2n) is 11.5. The van der Waals surface area contributed by atoms with Crippen LogP contribution in [0.15, 0.2) is 99.7 Å². The number of alkyl halides is 3. The summed E-state index contributed by atoms with van der Waals surface area (Å²) < 4.78 is 49.1. The number of hydrogen-bond donors (Lipinski definition) is 2. The molecule has 7 nitrogen and oxygen atoms in total. The highest BCUT2D eigenvalue weighted by Gasteiger charge is 2.50. The fourth-order valence-electron chi connectivity index (χ4n) is 5.48. The molecule has 1 unspecified atom stereocenters. The third kappa shape index (κ3) is 6.64. The Morgan fingerprint density at radius 2 is 1.49 bits per heavy atom. The summed E-state index contributed by atoms with van der Waals surface area (Å²) in [7, 11) is -2.99. The molecule has 3 aromatic carbocycles. The van der Waals surface area contributed by atoms with Crippen LogP contribution in [0.4, 0.5) is 13.2 Å². The Morgan fingerprint density at radius 3 is 2.02 bits per heavy atom. The molecule has 0 radical (unpaired) electrons. The first-order valence-corrected chi connectivity index (χ1v) is 17.3. The van der Waals surface area contributed by atoms with Crippen molar-refractivity contribution in [3.8, 4) is 0 Å². The van der Waals surface area contributed by atoms with Gasteiger partial charge in [0.25, 0.3) is 13.9 Å². The Bertz CT molecular complexity index is 1860. The van der Waals surface area contributed by atoms with Crippen molar-refractivity contribution in [2.45, 2.75) is 42.8 Å². The van der Waals surface area contributed by atoms with Crippen molar-refractivity contribution in [2.75, 3.05) is 12.4 Å². The SMILES string of the molecule is CC(C)(C)[Si](OCC(CSc1c(Cl)c(C(F)(F)F)cc2c(=O)[nH]c(=O)[nH]c12)c1ncccn1)(c1ccccc1)c1ccccc1. The third-order valence-corrected chi connectivity index (χ3v) is 14.3. The number of benzene rings is 3. The number of aromatic nitrogens is 4. The van der Waals surface area contributed by atoms with Gasteiger partial charge in [-0.3, -0.25) is 9.78 Å². The van der Waals surface area contributed by atoms with E-state index in [-0.39, 0.29) is 33.2 Å². The number of nitrogens with one attached hydrogen (secondary N) is 2. The largest absolute Gasteiger partial charge is 0.417 e. The van der Waals surface area contributed by atoms with Gasteiger partial charge in [0.2, 0.25) is 0 Å². The van der Waals surface area contributed by atoms with Crippen LogP contribution in [0.5, 0.6) is 0 Å². The molecule has 0 spiro atoms. The minimum Gasteiger partial charge on any atom is -0.407 e. The van der Waals surface area contributed by atoms with Gasteiger partial charge < -0.3 is 9.41 Å². The number of aromatic amines is 2. The van der Waals surface area contributed by atoms with Crippen molar-refractivity contribution in [1.29, 1.82) is 0 Å². The van der Waals surface area contributed by atoms with Crippen molar-refractivity contribution >= 4 is 53.0 Å². The van der Waals surface area contributed by atoms with E-state index in [1.165, 1.54) is 0 Å². The maximum absolute atomic E-state index is 14.0. The predicted octanol–water partition coefficient (Wildman–Crippen LogP) is 6.13. The number of halogens is 4. The zero-order chi connectivity index (χ0) is 32.4. The number of nitrogens with zero attached hydrogens (tertiary/aromatic N) is 2. The number of H-pyrrole nitrogens is 2. The highest BCUT2D eigenvalue weighted by Crippen LogP contribution is 2.44. The van der Waals surface area contributed by atoms with Gasteiger partial charge in [0.15, 0.2) is 0 Å². The molecule has 13 heteroatoms. The van der Waals surface area contributed by atoms with Gasteiger partial charge in [-0.25, -0.2) is 14.8 Å². The van der Waals surface area contributed by atoms with Gasteiger partial charge >= 0.3 is 11.9 Å². The van der Waals surface area contributed by atoms with Crippen LogP contribution in [-0.2, 0) is 10.6 Å². The molecule has 2 N–H and O–H groups in total. The molecule has 2 aromatic heterocycles. The van der Waals surface area contributed by atoms with Crippen LogP contribution in [0.25, 0.3) is 10.9 Å². The Morgan fingerprint density at radius 1 is 0.911 bits per heavy atom. The van der Waals surface area contributed by atoms with Crippen molar-refractivity contribution in [2.24, 2.45) is 0 Å². The Kier molecular flexibility index (Phi) is 9.40. The minimum atomic E-state index is -4.84. The summed E-state index contributed by atoms with van der Waals surface area (Å²) in [5.74, 6) is 0.0570. The van der Waals surface area contributed by atoms with E-state index < -0.39 is 42.2 Å². The van der Waals surface area contributed by atoms with Crippen molar-refractivity contribution < 1.29 is 17.6 Å². The lowest BCUT2D eigenvalue weighted by Crippen LogP contribution is -2.66. The highest BCUT2D eigenvalue weighted by molar-refractivity contribution is 7.99. The molecule has 2 heterocycles. The van der Waals surface area contributed by atoms with Crippen molar-refractivity contribution in [1.82, 2.24) is 19.9 Å². The molecule has 0 fully saturated rings. The summed E-state index contributed by atoms with van der Waals surface area (Å²) in [5.41, 5.74) is -3.06. The number of thioether (sulfide) groups is 1. The van der Waals surface area contributed by atoms with Crippen LogP contribution >= 0.6 is 23.4 Å². The van der Waals surface area contributed by atoms with Gasteiger partial charge in [-0.15, -0.1) is 11.8 Å². The van der Waals surface area contributed by atoms with Crippen LogP contribution in [-0.4, -0.2) is 40.6 Å². The molecule has 5 aromatic rings. The van der Waals surface area contributed by atoms with E-state index in [2.05, 4.69) is 60.0 Å². The van der Waals surface area contributed by atoms with Gasteiger partial charge in [0, 0.05) is 24.8 Å². The van der Waals surface area contributed by atoms with Gasteiger partial charge in [-0.05, 0) is 27.5 Å². The molecule has 0 aliphatic rings. The summed E-state index contributed by atoms with van der Waals surface area (Å²) in [6, 6.07) is 22.4. The Balaban J connectivity index is 1.59. The third-order valence-electron chi connectivity index (χ3n) is 7.53. The maximum Gasteiger partial charge on any atom is 0.417 e. The molecule has 0 aliphatic carbocycles. The lowest BCUT2D eigenvalue weighted by Gasteiger charge is -2.43. The summed E-state index contributed by atoms with van der Waals surface area (Å²) >= 11 is 7.32. The smallest absolute Gasteiger partial charge is 0.407 e. The molecule has 5 rings (SSSR count). The molecule has 1 atom stereocenters. The Hall–Kier alpha value is -3.71. The molecule has 0 amide bonds. The first-order chi connectivity index (χ1) is 21.3. The number of fused-ring (bicyclic) bond motifs is 1. The summed E-state index contributed by atoms with van der Waals surface area (Å²) in [5, 5.41) is 0.860. The fourth-order valence-corrected chi connectivity index (χ4v) is 11.7. The molecule has 0 saturated heterocycles. The minimum absolute atomic E-state index is 0.0731. The van der Waals surface area contributed by atoms with Crippen LogP contribution in [0, 0.1) is 0 Å². The second kappa shape index (κ2) is 13.0. The van der Waals surface area contributed by atoms with Gasteiger partial charge in [-0.1, -0.05) is 93.0 Å². The molecular weight excluding hydrogens is 641 g/mol. The number of rotatable bonds is 9. The van der Waals surface area contributed by atoms with Crippen LogP contribution in [0.1, 0.15) is 38.1 Å². The topological polar surface area (TPSA) is 101 Å². The van der Waals surface area contributed by atoms with E-state index in [0.717, 1.165) is 22.1 Å². The zero-order valence-electron chi connectivity index (χ0n) is 24.6. The van der Waals surface area contributed by atoms with E-state index in [1.54, 1.807) is 18.5 Å². The Labute approximate surface area is 267 Å². The first kappa shape index (κ1) is 32.7. The van der Waals surface area contributed by atoms with Gasteiger partial charge in [0.05, 0.1) is 32.3 Å². The van der Waals surface area contributed by atoms with E-state index in [9.17, 15) is 22.8 Å². The first-order valence-electron chi connectivity index (χ1n) is 14.0. The molecule has 0 saturated carbocycles. The number of hydrogen-bond acceptors (Lipinski definition) is 6. The fraction of sp³-hybridized carbons (Fsp3) is 0.250. The lowest BCUT2D eigenvalue weighted by atomic mass is 10.1. The van der Waals surface area contributed by atoms with Crippen molar-refractivity contribution in [3.05, 3.63) is 122 Å². The zero-order valence-corrected chi connectivity index (χ0v) is 27.2. The van der Waals surface area contributed by atoms with Crippen LogP contribution < -0.4 is 21.6 Å². The van der Waals surface area contributed by atoms with E-state index >= 15 is 0 Å². The van der Waals surface area contributed by atoms with Gasteiger partial charge in [-0.2, -0.15) is 13.2 Å². The summed E-state index contributed by atoms with van der Waals surface area (Å²) in [6.07, 6.45) is -1.66. The lowest BCUT2D eigenvalue weighted by molar-refractivity contribution is -0.137. The predicted molar refractivity (Wildman–Crippen MR) is 174 cm³/mol. The van der Waals surface area contributed by atoms with Crippen molar-refractivity contribution in [3.63, 3.8) is 0 Å². The summed E-state index contributed by atoms with van der Waals surface area (Å²) in [4.78, 5) is 38.0. The van der Waals surface area contributed by atoms with Gasteiger partial charge in [0.1, 0.15) is 5.82 Å². The van der Waals surface area contributed by atoms with Crippen LogP contribution in [0.2, 0.25) is 10.1 Å². The van der Waals surface area contributed by atoms with E-state index in [1.807, 2.05) is 41.4 Å². The standard InChI is InChI=1S/C32H30ClF3N4O3SSi/c1-31(2,3)45(21-11-6-4-7-12-21,22-13-8-5-9-14-22)43-18-20(28-37-15-10-16-38-28)19-44-27-25(33)24(32(34,35)36)17-23-26(27)39-30(42)40-29(23)41/h4-17,20H,18-19H2,1-3H3,(H2,39,40,41,42). The van der Waals surface area contributed by atoms with Crippen LogP contribution in [0.3, 0.4) is 0 Å². The average molecular weight is 671 g/mol. The monoisotopic (exact) mass is 670 g/mol. The van der Waals surface area contributed by atoms with E-state index in [4.69, 9.17) is 16.0 Å². The molecule has 234 valence electrons. The van der Waals surface area contributed by atoms with E-state index in [0.29, 0.717) is 11.9 Å². The molecule has 45 heavy (non-hydrogen) atoms. The highest BCUT2D eigenvalue weighted by atomic mass is 35.5. The maximum atomic E-state index is 14.0. The summed E-state index contributed by atoms with van der Waals surface area (Å²) in [6.45, 7) is 6.56. The average Bonchev–Trinajstić information content (AvgIpc) is 2.99. The molecular formula is C32H30ClF3N4O3SSi. The second-order valence-corrected chi connectivity index (χ2v) is 17.2. The quantitative estimate of drug-likeness (QED) is 0.145. The molecule has 0 aliphatic heterocycles.